The van der Waals surface area contributed by atoms with E-state index in [1.165, 1.54) is 5.56 Å². The maximum absolute atomic E-state index is 12.7. The highest BCUT2D eigenvalue weighted by atomic mass is 16.2. The average Bonchev–Trinajstić information content (AvgIpc) is 2.73. The lowest BCUT2D eigenvalue weighted by Crippen LogP contribution is -2.30. The van der Waals surface area contributed by atoms with Gasteiger partial charge in [0.25, 0.3) is 5.91 Å². The van der Waals surface area contributed by atoms with Crippen LogP contribution in [0.15, 0.2) is 67.0 Å². The third-order valence-corrected chi connectivity index (χ3v) is 4.40. The molecule has 1 heterocycles. The standard InChI is InChI=1S/C22H24N4O/c1-3-17-10-12-20(13-11-17)25-22-23-14-19(15-24-22)21(27)26(4-2)16-18-8-6-5-7-9-18/h5-15H,3-4,16H2,1-2H3,(H,23,24,25). The Hall–Kier alpha value is -3.21. The second-order valence-corrected chi connectivity index (χ2v) is 6.28. The number of nitrogens with zero attached hydrogens (tertiary/aromatic N) is 3. The lowest BCUT2D eigenvalue weighted by molar-refractivity contribution is 0.0752. The van der Waals surface area contributed by atoms with Crippen LogP contribution in [0.4, 0.5) is 11.6 Å². The van der Waals surface area contributed by atoms with Gasteiger partial charge in [0.1, 0.15) is 0 Å². The molecule has 3 rings (SSSR count). The van der Waals surface area contributed by atoms with Crippen LogP contribution < -0.4 is 5.32 Å². The average molecular weight is 360 g/mol. The maximum atomic E-state index is 12.7. The zero-order valence-electron chi connectivity index (χ0n) is 15.7. The lowest BCUT2D eigenvalue weighted by atomic mass is 10.1. The molecule has 1 N–H and O–H groups in total. The molecule has 0 fully saturated rings. The van der Waals surface area contributed by atoms with Crippen molar-refractivity contribution in [3.63, 3.8) is 0 Å². The third-order valence-electron chi connectivity index (χ3n) is 4.40. The summed E-state index contributed by atoms with van der Waals surface area (Å²) in [5.41, 5.74) is 3.79. The molecule has 1 aromatic heterocycles. The van der Waals surface area contributed by atoms with E-state index in [0.717, 1.165) is 17.7 Å². The number of carbonyl (C=O) groups is 1. The fourth-order valence-corrected chi connectivity index (χ4v) is 2.77. The number of nitrogens with one attached hydrogen (secondary N) is 1. The van der Waals surface area contributed by atoms with Crippen molar-refractivity contribution in [2.75, 3.05) is 11.9 Å². The Balaban J connectivity index is 1.66. The second-order valence-electron chi connectivity index (χ2n) is 6.28. The Morgan fingerprint density at radius 1 is 0.926 bits per heavy atom. The second kappa shape index (κ2) is 8.94. The van der Waals surface area contributed by atoms with Crippen LogP contribution in [0.2, 0.25) is 0 Å². The van der Waals surface area contributed by atoms with Crippen LogP contribution in [-0.2, 0) is 13.0 Å². The minimum absolute atomic E-state index is 0.0693. The summed E-state index contributed by atoms with van der Waals surface area (Å²) >= 11 is 0. The Morgan fingerprint density at radius 2 is 1.59 bits per heavy atom. The first kappa shape index (κ1) is 18.6. The molecule has 5 nitrogen and oxygen atoms in total. The molecule has 5 heteroatoms. The highest BCUT2D eigenvalue weighted by Gasteiger charge is 2.15. The Morgan fingerprint density at radius 3 is 2.19 bits per heavy atom. The van der Waals surface area contributed by atoms with E-state index in [4.69, 9.17) is 0 Å². The van der Waals surface area contributed by atoms with Gasteiger partial charge in [-0.1, -0.05) is 49.4 Å². The minimum Gasteiger partial charge on any atom is -0.335 e. The number of carbonyl (C=O) groups excluding carboxylic acids is 1. The lowest BCUT2D eigenvalue weighted by Gasteiger charge is -2.20. The summed E-state index contributed by atoms with van der Waals surface area (Å²) in [5.74, 6) is 0.405. The molecular formula is C22H24N4O. The number of benzene rings is 2. The van der Waals surface area contributed by atoms with Gasteiger partial charge in [-0.05, 0) is 36.6 Å². The SMILES string of the molecule is CCc1ccc(Nc2ncc(C(=O)N(CC)Cc3ccccc3)cn2)cc1. The molecule has 0 aliphatic carbocycles. The topological polar surface area (TPSA) is 58.1 Å². The van der Waals surface area contributed by atoms with Crippen LogP contribution in [0.25, 0.3) is 0 Å². The molecule has 0 atom stereocenters. The zero-order chi connectivity index (χ0) is 19.1. The largest absolute Gasteiger partial charge is 0.335 e. The van der Waals surface area contributed by atoms with Gasteiger partial charge in [0.15, 0.2) is 0 Å². The van der Waals surface area contributed by atoms with Crippen LogP contribution in [0.5, 0.6) is 0 Å². The normalized spacial score (nSPS) is 10.4. The van der Waals surface area contributed by atoms with Crippen LogP contribution in [-0.4, -0.2) is 27.3 Å². The molecule has 0 radical (unpaired) electrons. The van der Waals surface area contributed by atoms with E-state index in [-0.39, 0.29) is 5.91 Å². The summed E-state index contributed by atoms with van der Waals surface area (Å²) in [5, 5.41) is 3.16. The number of hydrogen-bond acceptors (Lipinski definition) is 4. The van der Waals surface area contributed by atoms with Gasteiger partial charge in [-0.2, -0.15) is 0 Å². The molecule has 0 aliphatic rings. The first-order valence-electron chi connectivity index (χ1n) is 9.20. The van der Waals surface area contributed by atoms with E-state index in [0.29, 0.717) is 24.6 Å². The van der Waals surface area contributed by atoms with Gasteiger partial charge in [0.05, 0.1) is 5.56 Å². The molecule has 0 aliphatic heterocycles. The molecular weight excluding hydrogens is 336 g/mol. The number of aromatic nitrogens is 2. The first-order chi connectivity index (χ1) is 13.2. The predicted octanol–water partition coefficient (Wildman–Crippen LogP) is 4.44. The monoisotopic (exact) mass is 360 g/mol. The summed E-state index contributed by atoms with van der Waals surface area (Å²) in [6, 6.07) is 18.1. The van der Waals surface area contributed by atoms with Crippen LogP contribution in [0.3, 0.4) is 0 Å². The summed E-state index contributed by atoms with van der Waals surface area (Å²) in [6.07, 6.45) is 4.15. The predicted molar refractivity (Wildman–Crippen MR) is 108 cm³/mol. The van der Waals surface area contributed by atoms with E-state index >= 15 is 0 Å². The van der Waals surface area contributed by atoms with E-state index in [9.17, 15) is 4.79 Å². The molecule has 2 aromatic carbocycles. The Kier molecular flexibility index (Phi) is 6.15. The highest BCUT2D eigenvalue weighted by molar-refractivity contribution is 5.93. The van der Waals surface area contributed by atoms with Gasteiger partial charge >= 0.3 is 0 Å². The van der Waals surface area contributed by atoms with Gasteiger partial charge in [0, 0.05) is 31.2 Å². The molecule has 0 saturated carbocycles. The van der Waals surface area contributed by atoms with Gasteiger partial charge in [-0.3, -0.25) is 4.79 Å². The van der Waals surface area contributed by atoms with E-state index in [2.05, 4.69) is 34.3 Å². The highest BCUT2D eigenvalue weighted by Crippen LogP contribution is 2.15. The van der Waals surface area contributed by atoms with Crippen LogP contribution in [0, 0.1) is 0 Å². The molecule has 138 valence electrons. The molecule has 1 amide bonds. The zero-order valence-corrected chi connectivity index (χ0v) is 15.7. The van der Waals surface area contributed by atoms with Crippen molar-refractivity contribution >= 4 is 17.5 Å². The fourth-order valence-electron chi connectivity index (χ4n) is 2.77. The fraction of sp³-hybridized carbons (Fsp3) is 0.227. The van der Waals surface area contributed by atoms with Gasteiger partial charge < -0.3 is 10.2 Å². The number of amides is 1. The summed E-state index contributed by atoms with van der Waals surface area (Å²) in [6.45, 7) is 5.29. The van der Waals surface area contributed by atoms with Crippen molar-refractivity contribution in [1.29, 1.82) is 0 Å². The number of rotatable bonds is 7. The molecule has 0 unspecified atom stereocenters. The summed E-state index contributed by atoms with van der Waals surface area (Å²) in [4.78, 5) is 23.1. The van der Waals surface area contributed by atoms with Gasteiger partial charge in [0.2, 0.25) is 5.95 Å². The maximum Gasteiger partial charge on any atom is 0.257 e. The smallest absolute Gasteiger partial charge is 0.257 e. The molecule has 0 saturated heterocycles. The molecule has 27 heavy (non-hydrogen) atoms. The first-order valence-corrected chi connectivity index (χ1v) is 9.20. The molecule has 0 bridgehead atoms. The molecule has 0 spiro atoms. The minimum atomic E-state index is -0.0693. The third kappa shape index (κ3) is 4.91. The van der Waals surface area contributed by atoms with Crippen molar-refractivity contribution in [1.82, 2.24) is 14.9 Å². The quantitative estimate of drug-likeness (QED) is 0.676. The van der Waals surface area contributed by atoms with E-state index in [1.807, 2.05) is 49.4 Å². The van der Waals surface area contributed by atoms with Crippen LogP contribution >= 0.6 is 0 Å². The van der Waals surface area contributed by atoms with E-state index in [1.54, 1.807) is 17.3 Å². The van der Waals surface area contributed by atoms with Crippen molar-refractivity contribution in [3.8, 4) is 0 Å². The van der Waals surface area contributed by atoms with E-state index < -0.39 is 0 Å². The number of hydrogen-bond donors (Lipinski definition) is 1. The number of aryl methyl sites for hydroxylation is 1. The van der Waals surface area contributed by atoms with Crippen molar-refractivity contribution < 1.29 is 4.79 Å². The Bertz CT molecular complexity index is 861. The van der Waals surface area contributed by atoms with Gasteiger partial charge in [-0.15, -0.1) is 0 Å². The summed E-state index contributed by atoms with van der Waals surface area (Å²) < 4.78 is 0. The van der Waals surface area contributed by atoms with Crippen LogP contribution in [0.1, 0.15) is 35.3 Å². The van der Waals surface area contributed by atoms with Crippen molar-refractivity contribution in [2.24, 2.45) is 0 Å². The molecule has 3 aromatic rings. The summed E-state index contributed by atoms with van der Waals surface area (Å²) in [7, 11) is 0. The number of anilines is 2. The Labute approximate surface area is 160 Å². The van der Waals surface area contributed by atoms with Crippen molar-refractivity contribution in [2.45, 2.75) is 26.8 Å². The van der Waals surface area contributed by atoms with Crippen molar-refractivity contribution in [3.05, 3.63) is 83.7 Å². The van der Waals surface area contributed by atoms with Gasteiger partial charge in [-0.25, -0.2) is 9.97 Å².